The first-order valence-corrected chi connectivity index (χ1v) is 17.6. The number of nitrogens with zero attached hydrogens (tertiary/aromatic N) is 1. The normalized spacial score (nSPS) is 19.0. The van der Waals surface area contributed by atoms with Gasteiger partial charge in [-0.1, -0.05) is 75.9 Å². The van der Waals surface area contributed by atoms with E-state index >= 15 is 0 Å². The van der Waals surface area contributed by atoms with Crippen LogP contribution in [0.3, 0.4) is 0 Å². The van der Waals surface area contributed by atoms with Crippen LogP contribution in [-0.4, -0.2) is 83.3 Å². The lowest BCUT2D eigenvalue weighted by Gasteiger charge is -2.22. The summed E-state index contributed by atoms with van der Waals surface area (Å²) < 4.78 is 10.5. The second-order valence-electron chi connectivity index (χ2n) is 11.8. The van der Waals surface area contributed by atoms with Crippen molar-refractivity contribution in [2.24, 2.45) is 11.8 Å². The highest BCUT2D eigenvalue weighted by Gasteiger charge is 2.39. The Morgan fingerprint density at radius 2 is 1.77 bits per heavy atom. The Balaban J connectivity index is 1.69. The fourth-order valence-electron chi connectivity index (χ4n) is 5.57. The molecule has 0 aromatic heterocycles. The molecule has 1 fully saturated rings. The van der Waals surface area contributed by atoms with Crippen molar-refractivity contribution in [2.75, 3.05) is 38.3 Å². The Labute approximate surface area is 269 Å². The Bertz CT molecular complexity index is 1010. The van der Waals surface area contributed by atoms with E-state index in [1.165, 1.54) is 0 Å². The fourth-order valence-corrected chi connectivity index (χ4v) is 6.55. The van der Waals surface area contributed by atoms with Gasteiger partial charge in [0.05, 0.1) is 18.8 Å². The monoisotopic (exact) mass is 633 g/mol. The van der Waals surface area contributed by atoms with Gasteiger partial charge in [-0.25, -0.2) is 0 Å². The van der Waals surface area contributed by atoms with E-state index in [1.54, 1.807) is 31.0 Å². The SMILES string of the molecule is CCCCCN(CCCCC)C(=O)COC(=O)CCCSCC[C@H]1C(=O)C[C@@H](O)[C@@H]1C=C[C@@H](O)Cc1cccc(COC)c1. The van der Waals surface area contributed by atoms with E-state index < -0.39 is 12.2 Å². The van der Waals surface area contributed by atoms with Crippen LogP contribution in [0.4, 0.5) is 0 Å². The van der Waals surface area contributed by atoms with Crippen LogP contribution in [-0.2, 0) is 36.9 Å². The average molecular weight is 634 g/mol. The van der Waals surface area contributed by atoms with Crippen LogP contribution in [0.25, 0.3) is 0 Å². The number of ketones is 1. The number of carbonyl (C=O) groups is 3. The first-order chi connectivity index (χ1) is 21.3. The summed E-state index contributed by atoms with van der Waals surface area (Å²) in [6.45, 7) is 6.02. The predicted molar refractivity (Wildman–Crippen MR) is 176 cm³/mol. The largest absolute Gasteiger partial charge is 0.456 e. The molecule has 2 N–H and O–H groups in total. The lowest BCUT2D eigenvalue weighted by molar-refractivity contribution is -0.152. The molecule has 2 rings (SSSR count). The minimum atomic E-state index is -0.738. The summed E-state index contributed by atoms with van der Waals surface area (Å²) in [5, 5.41) is 21.1. The van der Waals surface area contributed by atoms with Crippen molar-refractivity contribution in [3.05, 3.63) is 47.5 Å². The third kappa shape index (κ3) is 14.7. The van der Waals surface area contributed by atoms with E-state index in [9.17, 15) is 24.6 Å². The van der Waals surface area contributed by atoms with Crippen LogP contribution in [0, 0.1) is 11.8 Å². The third-order valence-electron chi connectivity index (χ3n) is 8.05. The number of methoxy groups -OCH3 is 1. The summed E-state index contributed by atoms with van der Waals surface area (Å²) in [5.74, 6) is 0.475. The number of ether oxygens (including phenoxy) is 2. The van der Waals surface area contributed by atoms with Crippen molar-refractivity contribution in [3.8, 4) is 0 Å². The summed E-state index contributed by atoms with van der Waals surface area (Å²) in [6.07, 6.45) is 10.4. The summed E-state index contributed by atoms with van der Waals surface area (Å²) in [5.41, 5.74) is 2.04. The molecule has 0 saturated heterocycles. The van der Waals surface area contributed by atoms with Crippen molar-refractivity contribution >= 4 is 29.4 Å². The van der Waals surface area contributed by atoms with Crippen LogP contribution >= 0.6 is 11.8 Å². The zero-order valence-electron chi connectivity index (χ0n) is 27.1. The minimum absolute atomic E-state index is 0.0567. The molecular weight excluding hydrogens is 578 g/mol. The summed E-state index contributed by atoms with van der Waals surface area (Å²) in [7, 11) is 1.65. The van der Waals surface area contributed by atoms with Crippen LogP contribution < -0.4 is 0 Å². The number of aliphatic hydroxyl groups excluding tert-OH is 2. The number of hydrogen-bond acceptors (Lipinski definition) is 8. The molecule has 1 amide bonds. The van der Waals surface area contributed by atoms with Gasteiger partial charge in [-0.2, -0.15) is 11.8 Å². The number of esters is 1. The molecule has 0 unspecified atom stereocenters. The molecule has 0 bridgehead atoms. The molecule has 1 aromatic rings. The number of benzene rings is 1. The van der Waals surface area contributed by atoms with Crippen LogP contribution in [0.15, 0.2) is 36.4 Å². The van der Waals surface area contributed by atoms with E-state index in [-0.39, 0.29) is 48.9 Å². The smallest absolute Gasteiger partial charge is 0.306 e. The van der Waals surface area contributed by atoms with Gasteiger partial charge in [-0.3, -0.25) is 14.4 Å². The van der Waals surface area contributed by atoms with Gasteiger partial charge in [0.1, 0.15) is 5.78 Å². The summed E-state index contributed by atoms with van der Waals surface area (Å²) >= 11 is 1.67. The van der Waals surface area contributed by atoms with Gasteiger partial charge >= 0.3 is 5.97 Å². The maximum absolute atomic E-state index is 12.6. The number of hydrogen-bond donors (Lipinski definition) is 2. The molecule has 1 aliphatic carbocycles. The van der Waals surface area contributed by atoms with Crippen molar-refractivity contribution < 1.29 is 34.1 Å². The topological polar surface area (TPSA) is 113 Å². The quantitative estimate of drug-likeness (QED) is 0.0921. The molecule has 0 heterocycles. The van der Waals surface area contributed by atoms with Gasteiger partial charge in [0.15, 0.2) is 6.61 Å². The van der Waals surface area contributed by atoms with E-state index in [2.05, 4.69) is 13.8 Å². The number of amides is 1. The second kappa shape index (κ2) is 22.3. The molecule has 8 nitrogen and oxygen atoms in total. The molecule has 1 saturated carbocycles. The van der Waals surface area contributed by atoms with E-state index in [0.717, 1.165) is 61.2 Å². The lowest BCUT2D eigenvalue weighted by Crippen LogP contribution is -2.36. The Kier molecular flexibility index (Phi) is 19.3. The first kappa shape index (κ1) is 38.0. The first-order valence-electron chi connectivity index (χ1n) is 16.4. The Morgan fingerprint density at radius 1 is 1.07 bits per heavy atom. The highest BCUT2D eigenvalue weighted by atomic mass is 32.2. The zero-order valence-corrected chi connectivity index (χ0v) is 27.9. The summed E-state index contributed by atoms with van der Waals surface area (Å²) in [4.78, 5) is 39.3. The average Bonchev–Trinajstić information content (AvgIpc) is 3.27. The number of aliphatic hydroxyl groups is 2. The van der Waals surface area contributed by atoms with Gasteiger partial charge in [0.25, 0.3) is 5.91 Å². The zero-order chi connectivity index (χ0) is 32.2. The standard InChI is InChI=1S/C35H55NO7S/c1-4-6-8-18-36(19-9-7-5-2)34(40)26-43-35(41)14-11-20-44-21-17-31-30(32(38)24-33(31)39)16-15-29(37)23-27-12-10-13-28(22-27)25-42-3/h10,12-13,15-16,22,29-32,37-38H,4-9,11,14,17-21,23-26H2,1-3H3/t29-,30-,31-,32-/m1/s1. The van der Waals surface area contributed by atoms with E-state index in [0.29, 0.717) is 39.0 Å². The highest BCUT2D eigenvalue weighted by Crippen LogP contribution is 2.34. The Hall–Kier alpha value is -2.20. The molecule has 248 valence electrons. The fraction of sp³-hybridized carbons (Fsp3) is 0.686. The van der Waals surface area contributed by atoms with E-state index in [4.69, 9.17) is 9.47 Å². The van der Waals surface area contributed by atoms with Crippen molar-refractivity contribution in [2.45, 2.75) is 103 Å². The van der Waals surface area contributed by atoms with Crippen LogP contribution in [0.2, 0.25) is 0 Å². The van der Waals surface area contributed by atoms with Crippen LogP contribution in [0.5, 0.6) is 0 Å². The maximum atomic E-state index is 12.6. The van der Waals surface area contributed by atoms with Crippen molar-refractivity contribution in [1.29, 1.82) is 0 Å². The molecule has 44 heavy (non-hydrogen) atoms. The highest BCUT2D eigenvalue weighted by molar-refractivity contribution is 7.99. The van der Waals surface area contributed by atoms with Gasteiger partial charge < -0.3 is 24.6 Å². The predicted octanol–water partition coefficient (Wildman–Crippen LogP) is 5.51. The van der Waals surface area contributed by atoms with Gasteiger partial charge in [-0.15, -0.1) is 0 Å². The molecule has 4 atom stereocenters. The molecule has 9 heteroatoms. The van der Waals surface area contributed by atoms with Gasteiger partial charge in [-0.05, 0) is 48.3 Å². The molecule has 1 aliphatic rings. The van der Waals surface area contributed by atoms with Gasteiger partial charge in [0.2, 0.25) is 0 Å². The minimum Gasteiger partial charge on any atom is -0.456 e. The molecule has 0 radical (unpaired) electrons. The number of carbonyl (C=O) groups excluding carboxylic acids is 3. The number of thioether (sulfide) groups is 1. The molecule has 0 spiro atoms. The number of rotatable bonds is 23. The second-order valence-corrected chi connectivity index (χ2v) is 13.0. The Morgan fingerprint density at radius 3 is 2.45 bits per heavy atom. The lowest BCUT2D eigenvalue weighted by atomic mass is 9.91. The van der Waals surface area contributed by atoms with Crippen molar-refractivity contribution in [3.63, 3.8) is 0 Å². The number of Topliss-reactive ketones (excluding diaryl/α,β-unsaturated/α-hetero) is 1. The molecular formula is C35H55NO7S. The third-order valence-corrected chi connectivity index (χ3v) is 9.15. The summed E-state index contributed by atoms with van der Waals surface area (Å²) in [6, 6.07) is 7.89. The number of unbranched alkanes of at least 4 members (excludes halogenated alkanes) is 4. The van der Waals surface area contributed by atoms with Crippen molar-refractivity contribution in [1.82, 2.24) is 4.90 Å². The molecule has 0 aliphatic heterocycles. The van der Waals surface area contributed by atoms with Crippen LogP contribution in [0.1, 0.15) is 89.2 Å². The van der Waals surface area contributed by atoms with Gasteiger partial charge in [0, 0.05) is 51.3 Å². The molecule has 1 aromatic carbocycles. The maximum Gasteiger partial charge on any atom is 0.306 e. The van der Waals surface area contributed by atoms with E-state index in [1.807, 2.05) is 29.2 Å².